The van der Waals surface area contributed by atoms with E-state index >= 15 is 0 Å². The minimum Gasteiger partial charge on any atom is -0.411 e. The number of carbonyl (C=O) groups excluding carboxylic acids is 1. The fraction of sp³-hybridized carbons (Fsp3) is 0.292. The van der Waals surface area contributed by atoms with Crippen LogP contribution in [0.5, 0.6) is 0 Å². The molecule has 1 atom stereocenters. The summed E-state index contributed by atoms with van der Waals surface area (Å²) in [4.78, 5) is 37.8. The number of carbonyl (C=O) groups is 1. The molecule has 0 radical (unpaired) electrons. The molecule has 32 heavy (non-hydrogen) atoms. The molecule has 1 aromatic heterocycles. The maximum absolute atomic E-state index is 13.2. The molecule has 2 heterocycles. The summed E-state index contributed by atoms with van der Waals surface area (Å²) in [6, 6.07) is 14.8. The van der Waals surface area contributed by atoms with E-state index in [0.29, 0.717) is 40.8 Å². The van der Waals surface area contributed by atoms with E-state index in [1.807, 2.05) is 62.4 Å². The maximum atomic E-state index is 13.2. The second-order valence-corrected chi connectivity index (χ2v) is 8.34. The third kappa shape index (κ3) is 4.34. The predicted octanol–water partition coefficient (Wildman–Crippen LogP) is 3.64. The van der Waals surface area contributed by atoms with Crippen LogP contribution in [0.25, 0.3) is 0 Å². The lowest BCUT2D eigenvalue weighted by Gasteiger charge is -2.29. The molecule has 166 valence electrons. The van der Waals surface area contributed by atoms with Gasteiger partial charge in [-0.15, -0.1) is 4.73 Å². The summed E-state index contributed by atoms with van der Waals surface area (Å²) in [7, 11) is 1.42. The molecule has 3 aromatic rings. The molecule has 1 amide bonds. The minimum atomic E-state index is -0.315. The molecule has 7 nitrogen and oxygen atoms in total. The van der Waals surface area contributed by atoms with Crippen LogP contribution in [-0.2, 0) is 13.0 Å². The lowest BCUT2D eigenvalue weighted by Crippen LogP contribution is -2.42. The van der Waals surface area contributed by atoms with Crippen molar-refractivity contribution in [3.05, 3.63) is 91.9 Å². The molecule has 0 spiro atoms. The van der Waals surface area contributed by atoms with Crippen LogP contribution in [-0.4, -0.2) is 34.2 Å². The number of rotatable bonds is 5. The second-order valence-electron chi connectivity index (χ2n) is 7.90. The molecule has 1 N–H and O–H groups in total. The molecule has 0 fully saturated rings. The van der Waals surface area contributed by atoms with Gasteiger partial charge in [0.15, 0.2) is 0 Å². The largest absolute Gasteiger partial charge is 0.411 e. The Balaban J connectivity index is 1.60. The molecular weight excluding hydrogens is 428 g/mol. The van der Waals surface area contributed by atoms with Crippen LogP contribution in [0.15, 0.2) is 53.3 Å². The number of hydrogen-bond acceptors (Lipinski definition) is 5. The normalized spacial score (nSPS) is 13.9. The van der Waals surface area contributed by atoms with Crippen LogP contribution in [0.2, 0.25) is 5.02 Å². The van der Waals surface area contributed by atoms with Crippen molar-refractivity contribution in [1.29, 1.82) is 0 Å². The van der Waals surface area contributed by atoms with Crippen molar-refractivity contribution in [3.8, 4) is 0 Å². The van der Waals surface area contributed by atoms with E-state index in [9.17, 15) is 9.59 Å². The van der Waals surface area contributed by atoms with Gasteiger partial charge in [0.2, 0.25) is 5.95 Å². The molecule has 0 aliphatic carbocycles. The van der Waals surface area contributed by atoms with Crippen molar-refractivity contribution in [2.45, 2.75) is 32.9 Å². The molecule has 0 saturated heterocycles. The Bertz CT molecular complexity index is 1190. The van der Waals surface area contributed by atoms with Gasteiger partial charge in [-0.05, 0) is 43.7 Å². The Morgan fingerprint density at radius 2 is 1.84 bits per heavy atom. The number of amides is 1. The fourth-order valence-electron chi connectivity index (χ4n) is 3.80. The van der Waals surface area contributed by atoms with E-state index < -0.39 is 0 Å². The first kappa shape index (κ1) is 21.9. The highest BCUT2D eigenvalue weighted by atomic mass is 35.5. The number of nitrogens with one attached hydrogen (secondary N) is 1. The summed E-state index contributed by atoms with van der Waals surface area (Å²) >= 11 is 5.98. The molecule has 2 aromatic carbocycles. The van der Waals surface area contributed by atoms with E-state index in [2.05, 4.69) is 10.3 Å². The first-order valence-electron chi connectivity index (χ1n) is 10.4. The smallest absolute Gasteiger partial charge is 0.293 e. The quantitative estimate of drug-likeness (QED) is 0.639. The standard InChI is InChI=1S/C24H25ClN4O3/c1-15-4-6-18(7-5-15)22(30)28-13-12-21-20(14-28)23(31)29(32-3)24(27-21)26-16(2)17-8-10-19(25)11-9-17/h4-11,16H,12-14H2,1-3H3,(H,26,27)/t16-/m0/s1. The number of aromatic nitrogens is 2. The number of benzene rings is 2. The van der Waals surface area contributed by atoms with Crippen molar-refractivity contribution in [2.24, 2.45) is 0 Å². The average molecular weight is 453 g/mol. The molecule has 0 bridgehead atoms. The van der Waals surface area contributed by atoms with Gasteiger partial charge in [-0.2, -0.15) is 0 Å². The van der Waals surface area contributed by atoms with E-state index in [-0.39, 0.29) is 24.1 Å². The van der Waals surface area contributed by atoms with Crippen molar-refractivity contribution >= 4 is 23.5 Å². The van der Waals surface area contributed by atoms with E-state index in [1.165, 1.54) is 7.11 Å². The number of halogens is 1. The molecule has 1 aliphatic rings. The highest BCUT2D eigenvalue weighted by Crippen LogP contribution is 2.22. The van der Waals surface area contributed by atoms with Gasteiger partial charge in [-0.25, -0.2) is 4.98 Å². The Labute approximate surface area is 191 Å². The molecule has 8 heteroatoms. The number of aryl methyl sites for hydroxylation is 1. The maximum Gasteiger partial charge on any atom is 0.293 e. The van der Waals surface area contributed by atoms with Crippen LogP contribution in [0.1, 0.15) is 45.7 Å². The van der Waals surface area contributed by atoms with Gasteiger partial charge in [0.1, 0.15) is 7.11 Å². The number of nitrogens with zero attached hydrogens (tertiary/aromatic N) is 3. The molecule has 4 rings (SSSR count). The molecule has 0 saturated carbocycles. The zero-order chi connectivity index (χ0) is 22.8. The highest BCUT2D eigenvalue weighted by molar-refractivity contribution is 6.30. The minimum absolute atomic E-state index is 0.0995. The third-order valence-electron chi connectivity index (χ3n) is 5.68. The fourth-order valence-corrected chi connectivity index (χ4v) is 3.93. The highest BCUT2D eigenvalue weighted by Gasteiger charge is 2.27. The second kappa shape index (κ2) is 9.04. The van der Waals surface area contributed by atoms with Gasteiger partial charge in [0, 0.05) is 23.6 Å². The lowest BCUT2D eigenvalue weighted by molar-refractivity contribution is 0.0728. The predicted molar refractivity (Wildman–Crippen MR) is 124 cm³/mol. The van der Waals surface area contributed by atoms with E-state index in [0.717, 1.165) is 15.9 Å². The zero-order valence-corrected chi connectivity index (χ0v) is 19.0. The van der Waals surface area contributed by atoms with E-state index in [1.54, 1.807) is 4.90 Å². The van der Waals surface area contributed by atoms with Crippen LogP contribution in [0, 0.1) is 6.92 Å². The monoisotopic (exact) mass is 452 g/mol. The van der Waals surface area contributed by atoms with Gasteiger partial charge in [-0.1, -0.05) is 41.4 Å². The molecule has 0 unspecified atom stereocenters. The van der Waals surface area contributed by atoms with Crippen LogP contribution < -0.4 is 15.7 Å². The van der Waals surface area contributed by atoms with Crippen molar-refractivity contribution < 1.29 is 9.63 Å². The number of hydrogen-bond donors (Lipinski definition) is 1. The summed E-state index contributed by atoms with van der Waals surface area (Å²) in [5.41, 5.74) is 3.54. The first-order valence-corrected chi connectivity index (χ1v) is 10.8. The number of fused-ring (bicyclic) bond motifs is 1. The zero-order valence-electron chi connectivity index (χ0n) is 18.3. The molecular formula is C24H25ClN4O3. The van der Waals surface area contributed by atoms with Gasteiger partial charge in [0.05, 0.1) is 23.8 Å². The Morgan fingerprint density at radius 3 is 2.50 bits per heavy atom. The van der Waals surface area contributed by atoms with Crippen LogP contribution in [0.3, 0.4) is 0 Å². The van der Waals surface area contributed by atoms with Crippen LogP contribution >= 0.6 is 11.6 Å². The summed E-state index contributed by atoms with van der Waals surface area (Å²) < 4.78 is 1.14. The summed E-state index contributed by atoms with van der Waals surface area (Å²) in [5.74, 6) is 0.231. The van der Waals surface area contributed by atoms with Crippen LogP contribution in [0.4, 0.5) is 5.95 Å². The van der Waals surface area contributed by atoms with Gasteiger partial charge < -0.3 is 15.1 Å². The summed E-state index contributed by atoms with van der Waals surface area (Å²) in [6.07, 6.45) is 0.497. The Kier molecular flexibility index (Phi) is 6.19. The molecule has 1 aliphatic heterocycles. The third-order valence-corrected chi connectivity index (χ3v) is 5.93. The first-order chi connectivity index (χ1) is 15.4. The Morgan fingerprint density at radius 1 is 1.16 bits per heavy atom. The van der Waals surface area contributed by atoms with Gasteiger partial charge in [0.25, 0.3) is 11.5 Å². The van der Waals surface area contributed by atoms with Crippen molar-refractivity contribution in [2.75, 3.05) is 19.0 Å². The van der Waals surface area contributed by atoms with Crippen molar-refractivity contribution in [3.63, 3.8) is 0 Å². The summed E-state index contributed by atoms with van der Waals surface area (Å²) in [5, 5.41) is 3.92. The Hall–Kier alpha value is -3.32. The van der Waals surface area contributed by atoms with Crippen molar-refractivity contribution in [1.82, 2.24) is 14.6 Å². The van der Waals surface area contributed by atoms with Gasteiger partial charge >= 0.3 is 0 Å². The summed E-state index contributed by atoms with van der Waals surface area (Å²) in [6.45, 7) is 4.64. The average Bonchev–Trinajstić information content (AvgIpc) is 2.79. The van der Waals surface area contributed by atoms with Gasteiger partial charge in [-0.3, -0.25) is 9.59 Å². The number of anilines is 1. The topological polar surface area (TPSA) is 76.5 Å². The van der Waals surface area contributed by atoms with E-state index in [4.69, 9.17) is 16.4 Å². The SMILES string of the molecule is COn1c(N[C@@H](C)c2ccc(Cl)cc2)nc2c(c1=O)CN(C(=O)c1ccc(C)cc1)CC2. The lowest BCUT2D eigenvalue weighted by atomic mass is 10.0.